The van der Waals surface area contributed by atoms with Gasteiger partial charge < -0.3 is 24.0 Å². The van der Waals surface area contributed by atoms with Crippen molar-refractivity contribution in [1.82, 2.24) is 29.1 Å². The number of hydrogen-bond acceptors (Lipinski definition) is 9. The lowest BCUT2D eigenvalue weighted by Crippen LogP contribution is -2.46. The molecule has 2 aliphatic heterocycles. The molecule has 2 aromatic heterocycles. The summed E-state index contributed by atoms with van der Waals surface area (Å²) in [5.41, 5.74) is 3.64. The zero-order valence-corrected chi connectivity index (χ0v) is 28.9. The smallest absolute Gasteiger partial charge is 0.350 e. The molecule has 0 radical (unpaired) electrons. The Hall–Kier alpha value is -4.36. The highest BCUT2D eigenvalue weighted by atomic mass is 35.5. The van der Waals surface area contributed by atoms with Gasteiger partial charge in [-0.15, -0.1) is 0 Å². The summed E-state index contributed by atoms with van der Waals surface area (Å²) in [5, 5.41) is 9.50. The minimum Gasteiger partial charge on any atom is -0.491 e. The number of halogens is 2. The molecule has 49 heavy (non-hydrogen) atoms. The molecule has 2 unspecified atom stereocenters. The molecule has 0 saturated carbocycles. The van der Waals surface area contributed by atoms with Gasteiger partial charge in [0.15, 0.2) is 0 Å². The quantitative estimate of drug-likeness (QED) is 0.174. The first kappa shape index (κ1) is 33.2. The molecule has 5 aromatic rings. The average Bonchev–Trinajstić information content (AvgIpc) is 3.88. The van der Waals surface area contributed by atoms with E-state index in [1.54, 1.807) is 34.0 Å². The van der Waals surface area contributed by atoms with Gasteiger partial charge in [-0.25, -0.2) is 23.7 Å². The van der Waals surface area contributed by atoms with Crippen molar-refractivity contribution in [3.63, 3.8) is 0 Å². The highest BCUT2D eigenvalue weighted by Gasteiger charge is 2.45. The van der Waals surface area contributed by atoms with E-state index in [-0.39, 0.29) is 24.4 Å². The minimum absolute atomic E-state index is 0.0645. The molecule has 4 heterocycles. The number of rotatable bonds is 11. The molecule has 2 saturated heterocycles. The molecular formula is C35H38Cl2N8O4. The summed E-state index contributed by atoms with van der Waals surface area (Å²) in [6.07, 6.45) is 5.19. The van der Waals surface area contributed by atoms with Crippen molar-refractivity contribution in [3.05, 3.63) is 112 Å². The third-order valence-corrected chi connectivity index (χ3v) is 9.70. The van der Waals surface area contributed by atoms with E-state index < -0.39 is 5.79 Å². The molecule has 256 valence electrons. The van der Waals surface area contributed by atoms with E-state index in [1.807, 2.05) is 44.2 Å². The molecule has 3 aromatic carbocycles. The number of nitrogens with zero attached hydrogens (tertiary/aromatic N) is 8. The number of anilines is 2. The summed E-state index contributed by atoms with van der Waals surface area (Å²) in [6, 6.07) is 21.6. The van der Waals surface area contributed by atoms with E-state index in [0.717, 1.165) is 55.4 Å². The van der Waals surface area contributed by atoms with Gasteiger partial charge in [0.2, 0.25) is 5.79 Å². The summed E-state index contributed by atoms with van der Waals surface area (Å²) >= 11 is 12.7. The Morgan fingerprint density at radius 1 is 0.918 bits per heavy atom. The van der Waals surface area contributed by atoms with Crippen LogP contribution >= 0.6 is 23.2 Å². The number of ether oxygens (including phenoxy) is 3. The summed E-state index contributed by atoms with van der Waals surface area (Å²) in [4.78, 5) is 21.6. The average molecular weight is 706 g/mol. The topological polar surface area (TPSA) is 105 Å². The lowest BCUT2D eigenvalue weighted by molar-refractivity contribution is -0.190. The second kappa shape index (κ2) is 14.2. The normalized spacial score (nSPS) is 20.1. The van der Waals surface area contributed by atoms with Crippen LogP contribution in [0.15, 0.2) is 90.5 Å². The first-order valence-corrected chi connectivity index (χ1v) is 17.2. The van der Waals surface area contributed by atoms with Crippen molar-refractivity contribution in [2.45, 2.75) is 44.7 Å². The molecule has 12 nitrogen and oxygen atoms in total. The van der Waals surface area contributed by atoms with Crippen molar-refractivity contribution < 1.29 is 14.2 Å². The van der Waals surface area contributed by atoms with Crippen LogP contribution < -0.4 is 20.2 Å². The Morgan fingerprint density at radius 3 is 2.22 bits per heavy atom. The predicted molar refractivity (Wildman–Crippen MR) is 188 cm³/mol. The third-order valence-electron chi connectivity index (χ3n) is 9.15. The number of aromatic nitrogens is 6. The van der Waals surface area contributed by atoms with Crippen LogP contribution in [0.3, 0.4) is 0 Å². The Morgan fingerprint density at radius 2 is 1.59 bits per heavy atom. The molecular weight excluding hydrogens is 667 g/mol. The molecule has 14 heteroatoms. The highest BCUT2D eigenvalue weighted by molar-refractivity contribution is 6.35. The highest BCUT2D eigenvalue weighted by Crippen LogP contribution is 2.40. The number of hydrogen-bond donors (Lipinski definition) is 0. The maximum atomic E-state index is 12.8. The Kier molecular flexibility index (Phi) is 9.64. The summed E-state index contributed by atoms with van der Waals surface area (Å²) in [5.74, 6) is -0.410. The van der Waals surface area contributed by atoms with Crippen LogP contribution in [0.2, 0.25) is 10.0 Å². The predicted octanol–water partition coefficient (Wildman–Crippen LogP) is 5.58. The molecule has 2 fully saturated rings. The van der Waals surface area contributed by atoms with Crippen LogP contribution in [-0.2, 0) is 21.8 Å². The number of benzene rings is 3. The first-order chi connectivity index (χ1) is 23.8. The van der Waals surface area contributed by atoms with Crippen molar-refractivity contribution in [2.24, 2.45) is 0 Å². The van der Waals surface area contributed by atoms with Crippen LogP contribution in [0.4, 0.5) is 11.4 Å². The van der Waals surface area contributed by atoms with Gasteiger partial charge in [0, 0.05) is 48.1 Å². The fourth-order valence-electron chi connectivity index (χ4n) is 6.24. The van der Waals surface area contributed by atoms with Crippen LogP contribution in [0.5, 0.6) is 5.75 Å². The van der Waals surface area contributed by atoms with Gasteiger partial charge >= 0.3 is 5.69 Å². The fraction of sp³-hybridized carbons (Fsp3) is 0.371. The summed E-state index contributed by atoms with van der Waals surface area (Å²) in [7, 11) is 0. The number of piperazine rings is 1. The lowest BCUT2D eigenvalue weighted by Gasteiger charge is -2.37. The maximum Gasteiger partial charge on any atom is 0.350 e. The second-order valence-electron chi connectivity index (χ2n) is 12.3. The SMILES string of the molecule is CCC(C)n1ncn(-c2ccc(N3CCN(c4ccc(OC[C@@H]5COC(Cn6cncn6)(c6ccc(Cl)cc6Cl)O5)cc4)CC3)cc2)c1=O. The van der Waals surface area contributed by atoms with Gasteiger partial charge in [-0.2, -0.15) is 10.2 Å². The Labute approximate surface area is 294 Å². The fourth-order valence-corrected chi connectivity index (χ4v) is 6.79. The molecule has 7 rings (SSSR count). The van der Waals surface area contributed by atoms with Gasteiger partial charge in [-0.1, -0.05) is 36.2 Å². The molecule has 0 spiro atoms. The first-order valence-electron chi connectivity index (χ1n) is 16.4. The van der Waals surface area contributed by atoms with Crippen LogP contribution in [0.25, 0.3) is 5.69 Å². The van der Waals surface area contributed by atoms with Crippen molar-refractivity contribution in [1.29, 1.82) is 0 Å². The van der Waals surface area contributed by atoms with E-state index in [2.05, 4.69) is 49.2 Å². The van der Waals surface area contributed by atoms with E-state index in [4.69, 9.17) is 37.4 Å². The van der Waals surface area contributed by atoms with Crippen LogP contribution in [0.1, 0.15) is 31.9 Å². The van der Waals surface area contributed by atoms with E-state index >= 15 is 0 Å². The monoisotopic (exact) mass is 704 g/mol. The second-order valence-corrected chi connectivity index (χ2v) is 13.1. The summed E-state index contributed by atoms with van der Waals surface area (Å²) < 4.78 is 23.7. The molecule has 3 atom stereocenters. The van der Waals surface area contributed by atoms with Crippen molar-refractivity contribution >= 4 is 34.6 Å². The molecule has 0 aliphatic carbocycles. The lowest BCUT2D eigenvalue weighted by atomic mass is 10.1. The van der Waals surface area contributed by atoms with E-state index in [9.17, 15) is 4.79 Å². The minimum atomic E-state index is -1.16. The van der Waals surface area contributed by atoms with E-state index in [1.165, 1.54) is 11.0 Å². The molecule has 0 amide bonds. The molecule has 0 bridgehead atoms. The zero-order valence-electron chi connectivity index (χ0n) is 27.4. The van der Waals surface area contributed by atoms with Crippen LogP contribution in [-0.4, -0.2) is 74.6 Å². The maximum absolute atomic E-state index is 12.8. The van der Waals surface area contributed by atoms with Gasteiger partial charge in [-0.05, 0) is 74.0 Å². The van der Waals surface area contributed by atoms with Gasteiger partial charge in [0.1, 0.15) is 44.0 Å². The zero-order chi connectivity index (χ0) is 34.0. The van der Waals surface area contributed by atoms with Gasteiger partial charge in [0.25, 0.3) is 0 Å². The van der Waals surface area contributed by atoms with Gasteiger partial charge in [0.05, 0.1) is 23.4 Å². The third kappa shape index (κ3) is 7.04. The Bertz CT molecular complexity index is 1910. The van der Waals surface area contributed by atoms with E-state index in [0.29, 0.717) is 28.8 Å². The largest absolute Gasteiger partial charge is 0.491 e. The molecule has 2 aliphatic rings. The van der Waals surface area contributed by atoms with Crippen molar-refractivity contribution in [3.8, 4) is 11.4 Å². The van der Waals surface area contributed by atoms with Crippen molar-refractivity contribution in [2.75, 3.05) is 49.2 Å². The standard InChI is InChI=1S/C35H38Cl2N8O4/c1-3-25(2)45-34(46)44(24-40-45)29-7-5-27(6-8-29)41-14-16-42(17-15-41)28-9-11-30(12-10-28)47-19-31-20-48-35(49-31,21-43-23-38-22-39-43)32-13-4-26(36)18-33(32)37/h4-13,18,22-25,31H,3,14-17,19-21H2,1-2H3/t25?,31-,35?/m1/s1. The molecule has 0 N–H and O–H groups in total. The van der Waals surface area contributed by atoms with Gasteiger partial charge in [-0.3, -0.25) is 0 Å². The Balaban J connectivity index is 0.925. The summed E-state index contributed by atoms with van der Waals surface area (Å²) in [6.45, 7) is 8.48. The van der Waals surface area contributed by atoms with Crippen LogP contribution in [0, 0.1) is 0 Å².